The van der Waals surface area contributed by atoms with Crippen LogP contribution in [0, 0.1) is 13.8 Å². The fourth-order valence-corrected chi connectivity index (χ4v) is 2.76. The number of carbonyl (C=O) groups excluding carboxylic acids is 2. The van der Waals surface area contributed by atoms with Gasteiger partial charge < -0.3 is 19.3 Å². The molecule has 0 radical (unpaired) electrons. The van der Waals surface area contributed by atoms with Crippen molar-refractivity contribution in [3.8, 4) is 5.75 Å². The molecule has 7 heteroatoms. The summed E-state index contributed by atoms with van der Waals surface area (Å²) in [6.45, 7) is 6.31. The Balaban J connectivity index is 1.61. The van der Waals surface area contributed by atoms with Crippen LogP contribution in [0.3, 0.4) is 0 Å². The van der Waals surface area contributed by atoms with Gasteiger partial charge in [-0.1, -0.05) is 18.1 Å². The van der Waals surface area contributed by atoms with Crippen molar-refractivity contribution in [2.24, 2.45) is 0 Å². The van der Waals surface area contributed by atoms with Crippen LogP contribution in [-0.4, -0.2) is 23.6 Å². The lowest BCUT2D eigenvalue weighted by molar-refractivity contribution is 0.0505. The van der Waals surface area contributed by atoms with E-state index in [0.29, 0.717) is 41.5 Å². The fraction of sp³-hybridized carbons (Fsp3) is 0.261. The standard InChI is InChI=1S/C23H24N2O5/c1-4-12-28-23(27)17-8-10-19(11-9-17)24-22(26)18-6-5-7-20(13-18)29-14-21-15(2)25-30-16(21)3/h5-11,13H,4,12,14H2,1-3H3,(H,24,26). The average Bonchev–Trinajstić information content (AvgIpc) is 3.08. The Labute approximate surface area is 175 Å². The van der Waals surface area contributed by atoms with Gasteiger partial charge in [0.25, 0.3) is 5.91 Å². The quantitative estimate of drug-likeness (QED) is 0.544. The van der Waals surface area contributed by atoms with Crippen LogP contribution < -0.4 is 10.1 Å². The minimum Gasteiger partial charge on any atom is -0.489 e. The molecule has 3 rings (SSSR count). The van der Waals surface area contributed by atoms with E-state index in [4.69, 9.17) is 14.0 Å². The van der Waals surface area contributed by atoms with E-state index in [1.807, 2.05) is 20.8 Å². The van der Waals surface area contributed by atoms with E-state index in [9.17, 15) is 9.59 Å². The van der Waals surface area contributed by atoms with Crippen LogP contribution in [0.25, 0.3) is 0 Å². The Morgan fingerprint density at radius 1 is 1.07 bits per heavy atom. The number of amides is 1. The molecule has 1 aromatic heterocycles. The molecule has 0 spiro atoms. The lowest BCUT2D eigenvalue weighted by Crippen LogP contribution is -2.12. The molecule has 1 amide bonds. The molecule has 0 aliphatic heterocycles. The number of nitrogens with zero attached hydrogens (tertiary/aromatic N) is 1. The predicted octanol–water partition coefficient (Wildman–Crippen LogP) is 4.69. The van der Waals surface area contributed by atoms with Crippen molar-refractivity contribution < 1.29 is 23.6 Å². The Morgan fingerprint density at radius 3 is 2.50 bits per heavy atom. The normalized spacial score (nSPS) is 10.5. The first-order valence-electron chi connectivity index (χ1n) is 9.71. The van der Waals surface area contributed by atoms with Crippen LogP contribution in [0.4, 0.5) is 5.69 Å². The van der Waals surface area contributed by atoms with E-state index >= 15 is 0 Å². The number of hydrogen-bond acceptors (Lipinski definition) is 6. The van der Waals surface area contributed by atoms with Gasteiger partial charge >= 0.3 is 5.97 Å². The third kappa shape index (κ3) is 5.26. The average molecular weight is 408 g/mol. The smallest absolute Gasteiger partial charge is 0.338 e. The zero-order chi connectivity index (χ0) is 21.5. The van der Waals surface area contributed by atoms with Crippen molar-refractivity contribution in [2.75, 3.05) is 11.9 Å². The van der Waals surface area contributed by atoms with E-state index in [-0.39, 0.29) is 11.9 Å². The number of aromatic nitrogens is 1. The van der Waals surface area contributed by atoms with Crippen molar-refractivity contribution in [3.05, 3.63) is 76.7 Å². The molecule has 1 N–H and O–H groups in total. The lowest BCUT2D eigenvalue weighted by Gasteiger charge is -2.09. The van der Waals surface area contributed by atoms with Gasteiger partial charge in [-0.15, -0.1) is 0 Å². The van der Waals surface area contributed by atoms with E-state index in [0.717, 1.165) is 17.7 Å². The summed E-state index contributed by atoms with van der Waals surface area (Å²) in [6.07, 6.45) is 0.765. The van der Waals surface area contributed by atoms with E-state index < -0.39 is 0 Å². The first kappa shape index (κ1) is 21.1. The molecule has 3 aromatic rings. The number of rotatable bonds is 8. The van der Waals surface area contributed by atoms with Gasteiger partial charge in [-0.2, -0.15) is 0 Å². The Morgan fingerprint density at radius 2 is 1.83 bits per heavy atom. The van der Waals surface area contributed by atoms with E-state index in [2.05, 4.69) is 10.5 Å². The van der Waals surface area contributed by atoms with Crippen LogP contribution in [-0.2, 0) is 11.3 Å². The minimum absolute atomic E-state index is 0.279. The summed E-state index contributed by atoms with van der Waals surface area (Å²) in [5.74, 6) is 0.622. The Kier molecular flexibility index (Phi) is 6.85. The highest BCUT2D eigenvalue weighted by atomic mass is 16.5. The highest BCUT2D eigenvalue weighted by molar-refractivity contribution is 6.04. The number of esters is 1. The lowest BCUT2D eigenvalue weighted by atomic mass is 10.1. The maximum absolute atomic E-state index is 12.6. The van der Waals surface area contributed by atoms with Crippen LogP contribution in [0.2, 0.25) is 0 Å². The summed E-state index contributed by atoms with van der Waals surface area (Å²) in [4.78, 5) is 24.4. The van der Waals surface area contributed by atoms with E-state index in [1.54, 1.807) is 48.5 Å². The molecule has 30 heavy (non-hydrogen) atoms. The SMILES string of the molecule is CCCOC(=O)c1ccc(NC(=O)c2cccc(OCc3c(C)noc3C)c2)cc1. The summed E-state index contributed by atoms with van der Waals surface area (Å²) < 4.78 is 16.0. The number of anilines is 1. The zero-order valence-electron chi connectivity index (χ0n) is 17.2. The summed E-state index contributed by atoms with van der Waals surface area (Å²) in [5, 5.41) is 6.72. The second-order valence-corrected chi connectivity index (χ2v) is 6.79. The van der Waals surface area contributed by atoms with Gasteiger partial charge in [0.15, 0.2) is 0 Å². The van der Waals surface area contributed by atoms with Gasteiger partial charge in [0, 0.05) is 11.3 Å². The highest BCUT2D eigenvalue weighted by Gasteiger charge is 2.12. The summed E-state index contributed by atoms with van der Waals surface area (Å²) >= 11 is 0. The van der Waals surface area contributed by atoms with Crippen molar-refractivity contribution in [3.63, 3.8) is 0 Å². The molecule has 1 heterocycles. The summed E-state index contributed by atoms with van der Waals surface area (Å²) in [6, 6.07) is 13.5. The summed E-state index contributed by atoms with van der Waals surface area (Å²) in [7, 11) is 0. The van der Waals surface area contributed by atoms with Crippen molar-refractivity contribution in [1.29, 1.82) is 0 Å². The molecule has 0 atom stereocenters. The highest BCUT2D eigenvalue weighted by Crippen LogP contribution is 2.19. The molecule has 0 aliphatic carbocycles. The first-order valence-corrected chi connectivity index (χ1v) is 9.71. The van der Waals surface area contributed by atoms with E-state index in [1.165, 1.54) is 0 Å². The topological polar surface area (TPSA) is 90.7 Å². The van der Waals surface area contributed by atoms with Crippen molar-refractivity contribution in [2.45, 2.75) is 33.8 Å². The third-order valence-electron chi connectivity index (χ3n) is 4.48. The molecular formula is C23H24N2O5. The fourth-order valence-electron chi connectivity index (χ4n) is 2.76. The van der Waals surface area contributed by atoms with Gasteiger partial charge in [-0.05, 0) is 62.7 Å². The molecule has 0 fully saturated rings. The van der Waals surface area contributed by atoms with Crippen LogP contribution in [0.1, 0.15) is 51.1 Å². The number of carbonyl (C=O) groups is 2. The predicted molar refractivity (Wildman–Crippen MR) is 112 cm³/mol. The molecule has 156 valence electrons. The minimum atomic E-state index is -0.377. The van der Waals surface area contributed by atoms with Crippen LogP contribution >= 0.6 is 0 Å². The molecule has 0 bridgehead atoms. The van der Waals surface area contributed by atoms with Gasteiger partial charge in [-0.3, -0.25) is 4.79 Å². The molecule has 0 aliphatic rings. The van der Waals surface area contributed by atoms with Gasteiger partial charge in [0.1, 0.15) is 18.1 Å². The second kappa shape index (κ2) is 9.73. The zero-order valence-corrected chi connectivity index (χ0v) is 17.2. The maximum Gasteiger partial charge on any atom is 0.338 e. The number of nitrogens with one attached hydrogen (secondary N) is 1. The molecule has 2 aromatic carbocycles. The monoisotopic (exact) mass is 408 g/mol. The molecule has 0 unspecified atom stereocenters. The van der Waals surface area contributed by atoms with Gasteiger partial charge in [-0.25, -0.2) is 4.79 Å². The molecule has 0 saturated heterocycles. The Hall–Kier alpha value is -3.61. The van der Waals surface area contributed by atoms with Gasteiger partial charge in [0.05, 0.1) is 23.4 Å². The molecule has 7 nitrogen and oxygen atoms in total. The third-order valence-corrected chi connectivity index (χ3v) is 4.48. The number of benzene rings is 2. The first-order chi connectivity index (χ1) is 14.5. The van der Waals surface area contributed by atoms with Crippen LogP contribution in [0.5, 0.6) is 5.75 Å². The molecule has 0 saturated carbocycles. The van der Waals surface area contributed by atoms with Crippen molar-refractivity contribution >= 4 is 17.6 Å². The number of hydrogen-bond donors (Lipinski definition) is 1. The summed E-state index contributed by atoms with van der Waals surface area (Å²) in [5.41, 5.74) is 3.15. The Bertz CT molecular complexity index is 1000. The van der Waals surface area contributed by atoms with Gasteiger partial charge in [0.2, 0.25) is 0 Å². The number of ether oxygens (including phenoxy) is 2. The largest absolute Gasteiger partial charge is 0.489 e. The van der Waals surface area contributed by atoms with Crippen molar-refractivity contribution in [1.82, 2.24) is 5.16 Å². The maximum atomic E-state index is 12.6. The second-order valence-electron chi connectivity index (χ2n) is 6.79. The van der Waals surface area contributed by atoms with Crippen LogP contribution in [0.15, 0.2) is 53.1 Å². The molecular weight excluding hydrogens is 384 g/mol. The number of aryl methyl sites for hydroxylation is 2.